The Labute approximate surface area is 189 Å². The van der Waals surface area contributed by atoms with E-state index in [1.54, 1.807) is 0 Å². The molecule has 0 bridgehead atoms. The maximum absolute atomic E-state index is 10.1. The predicted molar refractivity (Wildman–Crippen MR) is 127 cm³/mol. The summed E-state index contributed by atoms with van der Waals surface area (Å²) in [5.74, 6) is 0.236. The number of hydrogen-bond acceptors (Lipinski definition) is 5. The van der Waals surface area contributed by atoms with Crippen molar-refractivity contribution in [3.8, 4) is 6.07 Å². The summed E-state index contributed by atoms with van der Waals surface area (Å²) in [5, 5.41) is 12.9. The molecule has 1 saturated heterocycles. The first kappa shape index (κ1) is 23.0. The molecule has 4 nitrogen and oxygen atoms in total. The maximum Gasteiger partial charge on any atom is 0.241 e. The third-order valence-electron chi connectivity index (χ3n) is 6.31. The SMILES string of the molecule is [C-]#[N+]c1ccc(C(C#N)(CCCN2CCN(CCCc3cccs3)CC2)C(C)C)s1. The van der Waals surface area contributed by atoms with Gasteiger partial charge >= 0.3 is 0 Å². The van der Waals surface area contributed by atoms with Crippen LogP contribution in [0.2, 0.25) is 0 Å². The van der Waals surface area contributed by atoms with Crippen molar-refractivity contribution in [1.29, 1.82) is 5.26 Å². The summed E-state index contributed by atoms with van der Waals surface area (Å²) in [6, 6.07) is 10.9. The highest BCUT2D eigenvalue weighted by molar-refractivity contribution is 7.16. The highest BCUT2D eigenvalue weighted by Gasteiger charge is 2.37. The third-order valence-corrected chi connectivity index (χ3v) is 8.41. The van der Waals surface area contributed by atoms with Crippen LogP contribution in [0.5, 0.6) is 0 Å². The van der Waals surface area contributed by atoms with Crippen LogP contribution in [0.15, 0.2) is 29.6 Å². The fourth-order valence-corrected chi connectivity index (χ4v) is 6.17. The molecule has 1 aliphatic heterocycles. The van der Waals surface area contributed by atoms with Gasteiger partial charge in [-0.15, -0.1) is 11.3 Å². The van der Waals surface area contributed by atoms with Crippen molar-refractivity contribution >= 4 is 27.7 Å². The second-order valence-corrected chi connectivity index (χ2v) is 10.6. The Morgan fingerprint density at radius 1 is 1.13 bits per heavy atom. The molecule has 0 saturated carbocycles. The Hall–Kier alpha value is -1.70. The Bertz CT molecular complexity index is 851. The van der Waals surface area contributed by atoms with Gasteiger partial charge in [0, 0.05) is 35.9 Å². The Kier molecular flexibility index (Phi) is 8.48. The Balaban J connectivity index is 1.43. The highest BCUT2D eigenvalue weighted by atomic mass is 32.1. The summed E-state index contributed by atoms with van der Waals surface area (Å²) in [7, 11) is 0. The number of piperazine rings is 1. The van der Waals surface area contributed by atoms with Crippen LogP contribution in [-0.2, 0) is 11.8 Å². The highest BCUT2D eigenvalue weighted by Crippen LogP contribution is 2.42. The zero-order valence-electron chi connectivity index (χ0n) is 18.1. The molecule has 0 aromatic carbocycles. The lowest BCUT2D eigenvalue weighted by atomic mass is 9.73. The molecule has 0 N–H and O–H groups in total. The van der Waals surface area contributed by atoms with Crippen molar-refractivity contribution in [2.45, 2.75) is 44.9 Å². The lowest BCUT2D eigenvalue weighted by molar-refractivity contribution is 0.127. The van der Waals surface area contributed by atoms with Gasteiger partial charge in [-0.2, -0.15) is 16.6 Å². The van der Waals surface area contributed by atoms with E-state index in [1.165, 1.54) is 35.6 Å². The summed E-state index contributed by atoms with van der Waals surface area (Å²) in [6.07, 6.45) is 4.32. The third kappa shape index (κ3) is 5.71. The van der Waals surface area contributed by atoms with E-state index in [-0.39, 0.29) is 5.92 Å². The van der Waals surface area contributed by atoms with Crippen LogP contribution in [0.25, 0.3) is 4.85 Å². The van der Waals surface area contributed by atoms with Crippen LogP contribution < -0.4 is 0 Å². The molecule has 1 fully saturated rings. The lowest BCUT2D eigenvalue weighted by Gasteiger charge is -2.36. The summed E-state index contributed by atoms with van der Waals surface area (Å²) in [5.41, 5.74) is -0.475. The van der Waals surface area contributed by atoms with Crippen molar-refractivity contribution in [3.05, 3.63) is 50.8 Å². The van der Waals surface area contributed by atoms with Crippen LogP contribution in [0, 0.1) is 23.8 Å². The molecule has 0 spiro atoms. The molecule has 2 aromatic rings. The van der Waals surface area contributed by atoms with E-state index < -0.39 is 5.41 Å². The van der Waals surface area contributed by atoms with E-state index in [1.807, 2.05) is 23.5 Å². The maximum atomic E-state index is 10.1. The molecule has 0 aliphatic carbocycles. The fourth-order valence-electron chi connectivity index (χ4n) is 4.31. The molecule has 0 amide bonds. The molecule has 3 heterocycles. The summed E-state index contributed by atoms with van der Waals surface area (Å²) >= 11 is 3.35. The summed E-state index contributed by atoms with van der Waals surface area (Å²) in [4.78, 5) is 11.2. The largest absolute Gasteiger partial charge is 0.301 e. The summed E-state index contributed by atoms with van der Waals surface area (Å²) < 4.78 is 0. The monoisotopic (exact) mass is 440 g/mol. The van der Waals surface area contributed by atoms with Gasteiger partial charge in [0.25, 0.3) is 0 Å². The molecule has 3 rings (SSSR count). The van der Waals surface area contributed by atoms with E-state index in [0.717, 1.165) is 50.4 Å². The topological polar surface area (TPSA) is 34.6 Å². The normalized spacial score (nSPS) is 17.5. The van der Waals surface area contributed by atoms with Gasteiger partial charge in [-0.3, -0.25) is 0 Å². The molecule has 2 aromatic heterocycles. The molecule has 1 unspecified atom stereocenters. The van der Waals surface area contributed by atoms with Gasteiger partial charge < -0.3 is 9.80 Å². The van der Waals surface area contributed by atoms with Crippen LogP contribution in [-0.4, -0.2) is 49.1 Å². The van der Waals surface area contributed by atoms with Crippen LogP contribution in [0.4, 0.5) is 5.00 Å². The van der Waals surface area contributed by atoms with Crippen molar-refractivity contribution in [3.63, 3.8) is 0 Å². The molecule has 6 heteroatoms. The molecule has 30 heavy (non-hydrogen) atoms. The van der Waals surface area contributed by atoms with Gasteiger partial charge in [-0.25, -0.2) is 4.85 Å². The van der Waals surface area contributed by atoms with Crippen molar-refractivity contribution in [2.75, 3.05) is 39.3 Å². The van der Waals surface area contributed by atoms with E-state index in [2.05, 4.69) is 52.1 Å². The van der Waals surface area contributed by atoms with Gasteiger partial charge in [0.1, 0.15) is 0 Å². The van der Waals surface area contributed by atoms with Gasteiger partial charge in [0.2, 0.25) is 5.00 Å². The molecular weight excluding hydrogens is 408 g/mol. The number of rotatable bonds is 10. The standard InChI is InChI=1S/C24H32N4S2/c1-20(2)24(19-25,22-9-10-23(26-3)30-22)11-6-13-28-16-14-27(15-17-28)12-4-7-21-8-5-18-29-21/h5,8-10,18,20H,4,6-7,11-17H2,1-2H3. The minimum Gasteiger partial charge on any atom is -0.301 e. The van der Waals surface area contributed by atoms with Gasteiger partial charge in [-0.05, 0) is 62.2 Å². The van der Waals surface area contributed by atoms with Crippen molar-refractivity contribution in [2.24, 2.45) is 5.92 Å². The molecule has 0 radical (unpaired) electrons. The number of thiophene rings is 2. The second-order valence-electron chi connectivity index (χ2n) is 8.46. The van der Waals surface area contributed by atoms with Crippen molar-refractivity contribution in [1.82, 2.24) is 9.80 Å². The molecule has 1 atom stereocenters. The zero-order chi connectivity index (χ0) is 21.4. The minimum atomic E-state index is -0.475. The van der Waals surface area contributed by atoms with E-state index >= 15 is 0 Å². The van der Waals surface area contributed by atoms with Gasteiger partial charge in [0.05, 0.1) is 18.1 Å². The Morgan fingerprint density at radius 2 is 1.83 bits per heavy atom. The summed E-state index contributed by atoms with van der Waals surface area (Å²) in [6.45, 7) is 18.3. The van der Waals surface area contributed by atoms with Gasteiger partial charge in [0.15, 0.2) is 0 Å². The predicted octanol–water partition coefficient (Wildman–Crippen LogP) is 5.81. The number of nitrogens with zero attached hydrogens (tertiary/aromatic N) is 4. The fraction of sp³-hybridized carbons (Fsp3) is 0.583. The lowest BCUT2D eigenvalue weighted by Crippen LogP contribution is -2.47. The van der Waals surface area contributed by atoms with Gasteiger partial charge in [-0.1, -0.05) is 26.0 Å². The van der Waals surface area contributed by atoms with E-state index in [9.17, 15) is 5.26 Å². The van der Waals surface area contributed by atoms with Crippen LogP contribution >= 0.6 is 22.7 Å². The first-order chi connectivity index (χ1) is 14.6. The molecule has 1 aliphatic rings. The number of hydrogen-bond donors (Lipinski definition) is 0. The minimum absolute atomic E-state index is 0.236. The quantitative estimate of drug-likeness (QED) is 0.437. The first-order valence-electron chi connectivity index (χ1n) is 10.9. The Morgan fingerprint density at radius 3 is 2.37 bits per heavy atom. The number of nitriles is 1. The van der Waals surface area contributed by atoms with Crippen LogP contribution in [0.1, 0.15) is 42.9 Å². The smallest absolute Gasteiger partial charge is 0.241 e. The second kappa shape index (κ2) is 11.1. The average molecular weight is 441 g/mol. The average Bonchev–Trinajstić information content (AvgIpc) is 3.44. The van der Waals surface area contributed by atoms with E-state index in [4.69, 9.17) is 6.57 Å². The number of aryl methyl sites for hydroxylation is 1. The van der Waals surface area contributed by atoms with E-state index in [0.29, 0.717) is 5.00 Å². The molecular formula is C24H32N4S2. The first-order valence-corrected chi connectivity index (χ1v) is 12.6. The van der Waals surface area contributed by atoms with Crippen molar-refractivity contribution < 1.29 is 0 Å². The van der Waals surface area contributed by atoms with Crippen LogP contribution in [0.3, 0.4) is 0 Å². The zero-order valence-corrected chi connectivity index (χ0v) is 19.8. The molecule has 160 valence electrons.